The van der Waals surface area contributed by atoms with Gasteiger partial charge in [0.1, 0.15) is 31.0 Å². The van der Waals surface area contributed by atoms with Crippen molar-refractivity contribution in [3.63, 3.8) is 0 Å². The van der Waals surface area contributed by atoms with Crippen molar-refractivity contribution in [2.45, 2.75) is 68.6 Å². The average Bonchev–Trinajstić information content (AvgIpc) is 3.01. The number of hydrogen-bond acceptors (Lipinski definition) is 8. The van der Waals surface area contributed by atoms with Crippen molar-refractivity contribution in [3.05, 3.63) is 113 Å². The molecular weight excluding hydrogens is 544 g/mol. The van der Waals surface area contributed by atoms with E-state index in [-0.39, 0.29) is 29.6 Å². The number of rotatable bonds is 14. The molecule has 1 N–H and O–H groups in total. The molecule has 0 amide bonds. The molecule has 41 heavy (non-hydrogen) atoms. The Morgan fingerprint density at radius 3 is 1.93 bits per heavy atom. The Balaban J connectivity index is 1.50. The van der Waals surface area contributed by atoms with Gasteiger partial charge < -0.3 is 28.8 Å². The van der Waals surface area contributed by atoms with Gasteiger partial charge in [-0.25, -0.2) is 8.42 Å². The Labute approximate surface area is 242 Å². The molecule has 3 aromatic carbocycles. The Bertz CT molecular complexity index is 1320. The molecule has 8 nitrogen and oxygen atoms in total. The minimum absolute atomic E-state index is 0.116. The van der Waals surface area contributed by atoms with E-state index in [1.807, 2.05) is 67.6 Å². The van der Waals surface area contributed by atoms with Crippen molar-refractivity contribution in [2.75, 3.05) is 13.7 Å². The van der Waals surface area contributed by atoms with Gasteiger partial charge in [-0.1, -0.05) is 92.2 Å². The lowest BCUT2D eigenvalue weighted by Crippen LogP contribution is -2.60. The minimum atomic E-state index is -3.72. The second-order valence-electron chi connectivity index (χ2n) is 9.78. The molecule has 1 aliphatic rings. The van der Waals surface area contributed by atoms with Gasteiger partial charge in [-0.3, -0.25) is 0 Å². The van der Waals surface area contributed by atoms with Crippen LogP contribution in [0.3, 0.4) is 0 Å². The summed E-state index contributed by atoms with van der Waals surface area (Å²) in [5.41, 5.74) is 1.89. The van der Waals surface area contributed by atoms with Crippen LogP contribution in [0.25, 0.3) is 0 Å². The molecule has 0 saturated carbocycles. The Morgan fingerprint density at radius 2 is 1.39 bits per heavy atom. The van der Waals surface area contributed by atoms with Gasteiger partial charge in [0.25, 0.3) is 0 Å². The number of aliphatic hydroxyl groups is 1. The summed E-state index contributed by atoms with van der Waals surface area (Å²) in [7, 11) is -2.23. The van der Waals surface area contributed by atoms with Crippen LogP contribution in [0.5, 0.6) is 0 Å². The quantitative estimate of drug-likeness (QED) is 0.265. The molecule has 1 aliphatic heterocycles. The summed E-state index contributed by atoms with van der Waals surface area (Å²) in [5.74, 6) is 0. The second-order valence-corrected chi connectivity index (χ2v) is 11.8. The lowest BCUT2D eigenvalue weighted by molar-refractivity contribution is -0.314. The molecule has 0 bridgehead atoms. The van der Waals surface area contributed by atoms with Crippen LogP contribution in [0.4, 0.5) is 0 Å². The van der Waals surface area contributed by atoms with Gasteiger partial charge in [0.15, 0.2) is 6.29 Å². The van der Waals surface area contributed by atoms with Crippen molar-refractivity contribution in [1.29, 1.82) is 0 Å². The van der Waals surface area contributed by atoms with Crippen molar-refractivity contribution in [1.82, 2.24) is 0 Å². The maximum Gasteiger partial charge on any atom is 0.205 e. The topological polar surface area (TPSA) is 101 Å². The van der Waals surface area contributed by atoms with Crippen LogP contribution in [0.1, 0.15) is 30.9 Å². The normalized spacial score (nSPS) is 23.3. The van der Waals surface area contributed by atoms with Gasteiger partial charge in [-0.2, -0.15) is 0 Å². The van der Waals surface area contributed by atoms with E-state index in [2.05, 4.69) is 0 Å². The molecule has 5 atom stereocenters. The summed E-state index contributed by atoms with van der Waals surface area (Å²) in [6, 6.07) is 27.5. The summed E-state index contributed by atoms with van der Waals surface area (Å²) in [5, 5.41) is 11.4. The van der Waals surface area contributed by atoms with Gasteiger partial charge in [0, 0.05) is 7.11 Å². The third kappa shape index (κ3) is 8.25. The van der Waals surface area contributed by atoms with Crippen molar-refractivity contribution >= 4 is 9.84 Å². The van der Waals surface area contributed by atoms with Gasteiger partial charge >= 0.3 is 0 Å². The number of methoxy groups -OCH3 is 1. The molecule has 0 radical (unpaired) electrons. The molecule has 0 aliphatic carbocycles. The van der Waals surface area contributed by atoms with Crippen LogP contribution in [-0.2, 0) is 46.7 Å². The van der Waals surface area contributed by atoms with E-state index >= 15 is 0 Å². The molecule has 1 heterocycles. The summed E-state index contributed by atoms with van der Waals surface area (Å²) >= 11 is 0. The number of allylic oxidation sites excluding steroid dienone is 1. The highest BCUT2D eigenvalue weighted by Crippen LogP contribution is 2.29. The molecule has 0 aromatic heterocycles. The largest absolute Gasteiger partial charge is 0.497 e. The molecule has 9 heteroatoms. The van der Waals surface area contributed by atoms with Crippen molar-refractivity contribution in [2.24, 2.45) is 0 Å². The lowest BCUT2D eigenvalue weighted by atomic mass is 9.98. The summed E-state index contributed by atoms with van der Waals surface area (Å²) in [6.45, 7) is 2.30. The zero-order chi connectivity index (χ0) is 29.1. The van der Waals surface area contributed by atoms with Crippen LogP contribution in [0.15, 0.2) is 107 Å². The third-order valence-corrected chi connectivity index (χ3v) is 8.68. The van der Waals surface area contributed by atoms with Crippen molar-refractivity contribution in [3.8, 4) is 0 Å². The molecule has 1 saturated heterocycles. The number of aliphatic hydroxyl groups excluding tert-OH is 1. The molecule has 3 aromatic rings. The Hall–Kier alpha value is -3.05. The highest BCUT2D eigenvalue weighted by molar-refractivity contribution is 7.95. The minimum Gasteiger partial charge on any atom is -0.497 e. The fourth-order valence-electron chi connectivity index (χ4n) is 4.61. The van der Waals surface area contributed by atoms with E-state index in [1.165, 1.54) is 13.4 Å². The van der Waals surface area contributed by atoms with Gasteiger partial charge in [-0.15, -0.1) is 0 Å². The van der Waals surface area contributed by atoms with Crippen LogP contribution >= 0.6 is 0 Å². The smallest absolute Gasteiger partial charge is 0.205 e. The monoisotopic (exact) mass is 582 g/mol. The average molecular weight is 583 g/mol. The SMILES string of the molecule is CCC/C(=C\OCC1OC(OC)C(OCc2ccccc2)C(OCc2ccccc2)C1O)S(=O)(=O)c1ccccc1. The number of ether oxygens (including phenoxy) is 5. The van der Waals surface area contributed by atoms with Crippen LogP contribution in [0, 0.1) is 0 Å². The van der Waals surface area contributed by atoms with E-state index in [9.17, 15) is 13.5 Å². The van der Waals surface area contributed by atoms with Gasteiger partial charge in [0.05, 0.1) is 29.3 Å². The van der Waals surface area contributed by atoms with E-state index in [1.54, 1.807) is 30.3 Å². The van der Waals surface area contributed by atoms with Crippen LogP contribution < -0.4 is 0 Å². The first-order valence-electron chi connectivity index (χ1n) is 13.7. The third-order valence-electron chi connectivity index (χ3n) is 6.79. The van der Waals surface area contributed by atoms with Crippen LogP contribution in [0.2, 0.25) is 0 Å². The maximum absolute atomic E-state index is 13.2. The van der Waals surface area contributed by atoms with Gasteiger partial charge in [-0.05, 0) is 29.7 Å². The Morgan fingerprint density at radius 1 is 0.854 bits per heavy atom. The predicted octanol–water partition coefficient (Wildman–Crippen LogP) is 5.02. The zero-order valence-electron chi connectivity index (χ0n) is 23.4. The first kappa shape index (κ1) is 30.9. The second kappa shape index (κ2) is 15.3. The predicted molar refractivity (Wildman–Crippen MR) is 154 cm³/mol. The molecule has 5 unspecified atom stereocenters. The highest BCUT2D eigenvalue weighted by atomic mass is 32.2. The van der Waals surface area contributed by atoms with Crippen molar-refractivity contribution < 1.29 is 37.2 Å². The van der Waals surface area contributed by atoms with Gasteiger partial charge in [0.2, 0.25) is 9.84 Å². The first-order chi connectivity index (χ1) is 19.9. The molecule has 220 valence electrons. The fourth-order valence-corrected chi connectivity index (χ4v) is 6.09. The highest BCUT2D eigenvalue weighted by Gasteiger charge is 2.47. The fraction of sp³-hybridized carbons (Fsp3) is 0.375. The molecule has 1 fully saturated rings. The van der Waals surface area contributed by atoms with E-state index in [4.69, 9.17) is 23.7 Å². The summed E-state index contributed by atoms with van der Waals surface area (Å²) in [6.07, 6.45) is -2.23. The van der Waals surface area contributed by atoms with E-state index in [0.29, 0.717) is 12.8 Å². The molecule has 0 spiro atoms. The number of hydrogen-bond donors (Lipinski definition) is 1. The van der Waals surface area contributed by atoms with E-state index in [0.717, 1.165) is 11.1 Å². The lowest BCUT2D eigenvalue weighted by Gasteiger charge is -2.43. The zero-order valence-corrected chi connectivity index (χ0v) is 24.2. The summed E-state index contributed by atoms with van der Waals surface area (Å²) < 4.78 is 56.2. The first-order valence-corrected chi connectivity index (χ1v) is 15.2. The Kier molecular flexibility index (Phi) is 11.5. The molecule has 4 rings (SSSR count). The van der Waals surface area contributed by atoms with E-state index < -0.39 is 40.5 Å². The maximum atomic E-state index is 13.2. The summed E-state index contributed by atoms with van der Waals surface area (Å²) in [4.78, 5) is 0.352. The number of sulfone groups is 1. The molecular formula is C32H38O8S. The standard InChI is InChI=1S/C32H38O8S/c1-3-13-27(41(34,35)26-18-11-6-12-19-26)22-37-23-28-29(33)30(38-20-24-14-7-4-8-15-24)31(32(36-2)40-28)39-21-25-16-9-5-10-17-25/h4-12,14-19,22,28-33H,3,13,20-21,23H2,1-2H3/b27-22+. The number of benzene rings is 3. The van der Waals surface area contributed by atoms with Crippen LogP contribution in [-0.4, -0.2) is 57.9 Å².